The highest BCUT2D eigenvalue weighted by atomic mass is 35.5. The lowest BCUT2D eigenvalue weighted by Crippen LogP contribution is -2.33. The fraction of sp³-hybridized carbons (Fsp3) is 0.462. The summed E-state index contributed by atoms with van der Waals surface area (Å²) in [5, 5.41) is 0.640. The molecule has 2 atom stereocenters. The third kappa shape index (κ3) is 3.37. The molecule has 5 heteroatoms. The Morgan fingerprint density at radius 1 is 1.61 bits per heavy atom. The van der Waals surface area contributed by atoms with Crippen LogP contribution < -0.4 is 10.5 Å². The van der Waals surface area contributed by atoms with Gasteiger partial charge in [-0.3, -0.25) is 4.79 Å². The number of hydrogen-bond donors (Lipinski definition) is 1. The summed E-state index contributed by atoms with van der Waals surface area (Å²) in [6.45, 7) is 0.999. The molecule has 98 valence electrons. The maximum absolute atomic E-state index is 11.8. The number of halogens is 1. The topological polar surface area (TPSA) is 55.6 Å². The summed E-state index contributed by atoms with van der Waals surface area (Å²) in [5.41, 5.74) is 5.65. The quantitative estimate of drug-likeness (QED) is 0.881. The van der Waals surface area contributed by atoms with Gasteiger partial charge in [-0.25, -0.2) is 0 Å². The van der Waals surface area contributed by atoms with Crippen molar-refractivity contribution in [2.45, 2.75) is 12.5 Å². The van der Waals surface area contributed by atoms with E-state index in [1.807, 2.05) is 12.1 Å². The second-order valence-corrected chi connectivity index (χ2v) is 5.01. The molecule has 1 aromatic rings. The van der Waals surface area contributed by atoms with Gasteiger partial charge in [-0.05, 0) is 24.6 Å². The molecule has 2 N–H and O–H groups in total. The molecule has 18 heavy (non-hydrogen) atoms. The van der Waals surface area contributed by atoms with Crippen LogP contribution in [0.3, 0.4) is 0 Å². The molecule has 0 saturated heterocycles. The summed E-state index contributed by atoms with van der Waals surface area (Å²) >= 11 is 5.84. The van der Waals surface area contributed by atoms with E-state index in [1.54, 1.807) is 24.1 Å². The Labute approximate surface area is 112 Å². The molecule has 1 fully saturated rings. The normalized spacial score (nSPS) is 21.5. The number of amides is 1. The van der Waals surface area contributed by atoms with E-state index in [-0.39, 0.29) is 17.9 Å². The fourth-order valence-electron chi connectivity index (χ4n) is 1.75. The van der Waals surface area contributed by atoms with Crippen molar-refractivity contribution < 1.29 is 9.53 Å². The van der Waals surface area contributed by atoms with Crippen LogP contribution in [0.5, 0.6) is 5.75 Å². The summed E-state index contributed by atoms with van der Waals surface area (Å²) in [4.78, 5) is 13.5. The molecule has 0 aromatic heterocycles. The smallest absolute Gasteiger partial charge is 0.227 e. The number of nitrogens with two attached hydrogens (primary N) is 1. The predicted molar refractivity (Wildman–Crippen MR) is 70.7 cm³/mol. The van der Waals surface area contributed by atoms with Crippen molar-refractivity contribution in [1.82, 2.24) is 4.90 Å². The van der Waals surface area contributed by atoms with E-state index in [0.717, 1.165) is 6.42 Å². The number of hydrogen-bond acceptors (Lipinski definition) is 3. The number of rotatable bonds is 5. The SMILES string of the molecule is CN(CCOc1cccc(Cl)c1)C(=O)C1CC1N. The van der Waals surface area contributed by atoms with E-state index in [9.17, 15) is 4.79 Å². The molecule has 4 nitrogen and oxygen atoms in total. The van der Waals surface area contributed by atoms with Gasteiger partial charge in [0.25, 0.3) is 0 Å². The van der Waals surface area contributed by atoms with Gasteiger partial charge in [0.2, 0.25) is 5.91 Å². The number of nitrogens with zero attached hydrogens (tertiary/aromatic N) is 1. The Kier molecular flexibility index (Phi) is 4.09. The van der Waals surface area contributed by atoms with Crippen LogP contribution in [0.25, 0.3) is 0 Å². The van der Waals surface area contributed by atoms with E-state index >= 15 is 0 Å². The van der Waals surface area contributed by atoms with Crippen molar-refractivity contribution in [1.29, 1.82) is 0 Å². The molecule has 1 saturated carbocycles. The third-order valence-corrected chi connectivity index (χ3v) is 3.26. The van der Waals surface area contributed by atoms with Gasteiger partial charge in [-0.15, -0.1) is 0 Å². The van der Waals surface area contributed by atoms with Crippen LogP contribution in [0.15, 0.2) is 24.3 Å². The first-order valence-electron chi connectivity index (χ1n) is 5.97. The van der Waals surface area contributed by atoms with Gasteiger partial charge in [0.15, 0.2) is 0 Å². The number of carbonyl (C=O) groups excluding carboxylic acids is 1. The molecule has 0 spiro atoms. The number of benzene rings is 1. The second-order valence-electron chi connectivity index (χ2n) is 4.57. The van der Waals surface area contributed by atoms with Gasteiger partial charge >= 0.3 is 0 Å². The first-order chi connectivity index (χ1) is 8.58. The van der Waals surface area contributed by atoms with Crippen LogP contribution >= 0.6 is 11.6 Å². The average Bonchev–Trinajstić information content (AvgIpc) is 3.05. The van der Waals surface area contributed by atoms with Gasteiger partial charge in [-0.1, -0.05) is 17.7 Å². The Hall–Kier alpha value is -1.26. The van der Waals surface area contributed by atoms with Gasteiger partial charge < -0.3 is 15.4 Å². The highest BCUT2D eigenvalue weighted by molar-refractivity contribution is 6.30. The zero-order valence-corrected chi connectivity index (χ0v) is 11.1. The van der Waals surface area contributed by atoms with Crippen molar-refractivity contribution in [3.05, 3.63) is 29.3 Å². The molecular weight excluding hydrogens is 252 g/mol. The molecule has 1 amide bonds. The van der Waals surface area contributed by atoms with Crippen molar-refractivity contribution in [3.8, 4) is 5.75 Å². The largest absolute Gasteiger partial charge is 0.492 e. The molecule has 0 bridgehead atoms. The van der Waals surface area contributed by atoms with Crippen molar-refractivity contribution in [2.24, 2.45) is 11.7 Å². The molecule has 0 heterocycles. The van der Waals surface area contributed by atoms with Crippen LogP contribution in [0.1, 0.15) is 6.42 Å². The molecule has 1 aromatic carbocycles. The lowest BCUT2D eigenvalue weighted by atomic mass is 10.3. The van der Waals surface area contributed by atoms with Crippen LogP contribution in [0.4, 0.5) is 0 Å². The summed E-state index contributed by atoms with van der Waals surface area (Å²) in [7, 11) is 1.77. The zero-order valence-electron chi connectivity index (χ0n) is 10.3. The summed E-state index contributed by atoms with van der Waals surface area (Å²) < 4.78 is 5.53. The highest BCUT2D eigenvalue weighted by Gasteiger charge is 2.41. The van der Waals surface area contributed by atoms with Crippen molar-refractivity contribution in [3.63, 3.8) is 0 Å². The Bertz CT molecular complexity index is 439. The average molecular weight is 269 g/mol. The van der Waals surface area contributed by atoms with E-state index in [2.05, 4.69) is 0 Å². The summed E-state index contributed by atoms with van der Waals surface area (Å²) in [6.07, 6.45) is 0.804. The molecule has 0 aliphatic heterocycles. The lowest BCUT2D eigenvalue weighted by Gasteiger charge is -2.17. The first kappa shape index (κ1) is 13.2. The molecular formula is C13H17ClN2O2. The Morgan fingerprint density at radius 2 is 2.33 bits per heavy atom. The van der Waals surface area contributed by atoms with Gasteiger partial charge in [0, 0.05) is 18.1 Å². The maximum atomic E-state index is 11.8. The predicted octanol–water partition coefficient (Wildman–Crippen LogP) is 1.52. The third-order valence-electron chi connectivity index (χ3n) is 3.02. The standard InChI is InChI=1S/C13H17ClN2O2/c1-16(13(17)11-8-12(11)15)5-6-18-10-4-2-3-9(14)7-10/h2-4,7,11-12H,5-6,8,15H2,1H3. The lowest BCUT2D eigenvalue weighted by molar-refractivity contribution is -0.131. The van der Waals surface area contributed by atoms with Crippen LogP contribution in [-0.2, 0) is 4.79 Å². The van der Waals surface area contributed by atoms with Crippen molar-refractivity contribution in [2.75, 3.05) is 20.2 Å². The monoisotopic (exact) mass is 268 g/mol. The Balaban J connectivity index is 1.73. The van der Waals surface area contributed by atoms with E-state index in [1.165, 1.54) is 0 Å². The van der Waals surface area contributed by atoms with E-state index < -0.39 is 0 Å². The first-order valence-corrected chi connectivity index (χ1v) is 6.34. The van der Waals surface area contributed by atoms with E-state index in [0.29, 0.717) is 23.9 Å². The molecule has 2 unspecified atom stereocenters. The minimum atomic E-state index is 0.0150. The summed E-state index contributed by atoms with van der Waals surface area (Å²) in [6, 6.07) is 7.26. The minimum absolute atomic E-state index is 0.0150. The number of likely N-dealkylation sites (N-methyl/N-ethyl adjacent to an activating group) is 1. The molecule has 1 aliphatic carbocycles. The fourth-order valence-corrected chi connectivity index (χ4v) is 1.93. The highest BCUT2D eigenvalue weighted by Crippen LogP contribution is 2.29. The molecule has 0 radical (unpaired) electrons. The van der Waals surface area contributed by atoms with Gasteiger partial charge in [0.1, 0.15) is 12.4 Å². The van der Waals surface area contributed by atoms with Crippen LogP contribution in [0.2, 0.25) is 5.02 Å². The summed E-state index contributed by atoms with van der Waals surface area (Å²) in [5.74, 6) is 0.838. The van der Waals surface area contributed by atoms with Crippen LogP contribution in [0, 0.1) is 5.92 Å². The minimum Gasteiger partial charge on any atom is -0.492 e. The second kappa shape index (κ2) is 5.59. The van der Waals surface area contributed by atoms with Gasteiger partial charge in [-0.2, -0.15) is 0 Å². The van der Waals surface area contributed by atoms with E-state index in [4.69, 9.17) is 22.1 Å². The maximum Gasteiger partial charge on any atom is 0.227 e. The van der Waals surface area contributed by atoms with Crippen LogP contribution in [-0.4, -0.2) is 37.0 Å². The number of carbonyl (C=O) groups is 1. The molecule has 1 aliphatic rings. The Morgan fingerprint density at radius 3 is 2.94 bits per heavy atom. The zero-order chi connectivity index (χ0) is 13.1. The molecule has 2 rings (SSSR count). The van der Waals surface area contributed by atoms with Crippen molar-refractivity contribution >= 4 is 17.5 Å². The number of ether oxygens (including phenoxy) is 1. The van der Waals surface area contributed by atoms with Gasteiger partial charge in [0.05, 0.1) is 12.5 Å².